The van der Waals surface area contributed by atoms with E-state index < -0.39 is 17.5 Å². The first-order valence-corrected chi connectivity index (χ1v) is 8.28. The molecule has 26 heavy (non-hydrogen) atoms. The van der Waals surface area contributed by atoms with E-state index >= 15 is 0 Å². The molecule has 1 aliphatic rings. The molecule has 0 aromatic heterocycles. The Labute approximate surface area is 150 Å². The minimum atomic E-state index is -0.715. The van der Waals surface area contributed by atoms with Crippen molar-refractivity contribution >= 4 is 17.6 Å². The van der Waals surface area contributed by atoms with E-state index in [0.29, 0.717) is 13.1 Å². The molecule has 1 saturated heterocycles. The summed E-state index contributed by atoms with van der Waals surface area (Å²) in [5, 5.41) is 2.55. The third kappa shape index (κ3) is 3.99. The Morgan fingerprint density at radius 2 is 1.85 bits per heavy atom. The number of carbonyl (C=O) groups is 2. The average molecular weight is 359 g/mol. The van der Waals surface area contributed by atoms with Gasteiger partial charge < -0.3 is 10.2 Å². The highest BCUT2D eigenvalue weighted by molar-refractivity contribution is 5.96. The summed E-state index contributed by atoms with van der Waals surface area (Å²) >= 11 is 0. The van der Waals surface area contributed by atoms with E-state index in [9.17, 15) is 18.4 Å². The minimum absolute atomic E-state index is 0.0609. The zero-order valence-electron chi connectivity index (χ0n) is 14.3. The van der Waals surface area contributed by atoms with Gasteiger partial charge in [-0.05, 0) is 25.1 Å². The Balaban J connectivity index is 1.54. The predicted octanol–water partition coefficient (Wildman–Crippen LogP) is 2.83. The summed E-state index contributed by atoms with van der Waals surface area (Å²) in [6.07, 6.45) is 0. The smallest absolute Gasteiger partial charge is 0.325 e. The van der Waals surface area contributed by atoms with Crippen LogP contribution in [0.25, 0.3) is 0 Å². The molecule has 0 bridgehead atoms. The summed E-state index contributed by atoms with van der Waals surface area (Å²) in [6, 6.07) is 10.5. The number of urea groups is 1. The van der Waals surface area contributed by atoms with Gasteiger partial charge in [-0.15, -0.1) is 0 Å². The molecule has 1 heterocycles. The fourth-order valence-corrected chi connectivity index (χ4v) is 2.78. The van der Waals surface area contributed by atoms with Gasteiger partial charge in [0.1, 0.15) is 18.2 Å². The van der Waals surface area contributed by atoms with Gasteiger partial charge in [-0.2, -0.15) is 0 Å². The number of benzene rings is 2. The number of nitrogens with zero attached hydrogens (tertiary/aromatic N) is 2. The van der Waals surface area contributed by atoms with Crippen molar-refractivity contribution < 1.29 is 18.4 Å². The Hall–Kier alpha value is -2.96. The average Bonchev–Trinajstić information content (AvgIpc) is 2.95. The van der Waals surface area contributed by atoms with Crippen LogP contribution >= 0.6 is 0 Å². The van der Waals surface area contributed by atoms with E-state index in [2.05, 4.69) is 5.32 Å². The second-order valence-electron chi connectivity index (χ2n) is 6.20. The molecule has 1 aliphatic heterocycles. The summed E-state index contributed by atoms with van der Waals surface area (Å²) < 4.78 is 26.5. The lowest BCUT2D eigenvalue weighted by molar-refractivity contribution is -0.121. The normalized spacial score (nSPS) is 14.0. The zero-order chi connectivity index (χ0) is 18.7. The van der Waals surface area contributed by atoms with Crippen LogP contribution in [0, 0.1) is 18.6 Å². The van der Waals surface area contributed by atoms with Crippen molar-refractivity contribution in [2.75, 3.05) is 24.5 Å². The molecule has 1 fully saturated rings. The molecule has 0 saturated carbocycles. The van der Waals surface area contributed by atoms with E-state index in [1.54, 1.807) is 4.90 Å². The maximum absolute atomic E-state index is 13.6. The molecule has 7 heteroatoms. The number of anilines is 1. The zero-order valence-corrected chi connectivity index (χ0v) is 14.3. The molecular weight excluding hydrogens is 340 g/mol. The lowest BCUT2D eigenvalue weighted by Gasteiger charge is -2.18. The number of carbonyl (C=O) groups excluding carboxylic acids is 2. The van der Waals surface area contributed by atoms with Crippen LogP contribution in [0.1, 0.15) is 11.1 Å². The summed E-state index contributed by atoms with van der Waals surface area (Å²) in [6.45, 7) is 2.74. The van der Waals surface area contributed by atoms with Crippen molar-refractivity contribution in [2.45, 2.75) is 13.5 Å². The minimum Gasteiger partial charge on any atom is -0.350 e. The molecule has 0 spiro atoms. The van der Waals surface area contributed by atoms with Crippen LogP contribution in [0.5, 0.6) is 0 Å². The van der Waals surface area contributed by atoms with Gasteiger partial charge in [-0.25, -0.2) is 13.6 Å². The predicted molar refractivity (Wildman–Crippen MR) is 93.7 cm³/mol. The first-order valence-electron chi connectivity index (χ1n) is 8.28. The summed E-state index contributed by atoms with van der Waals surface area (Å²) in [7, 11) is 0. The summed E-state index contributed by atoms with van der Waals surface area (Å²) in [4.78, 5) is 27.6. The molecule has 0 radical (unpaired) electrons. The lowest BCUT2D eigenvalue weighted by Crippen LogP contribution is -2.39. The van der Waals surface area contributed by atoms with Crippen LogP contribution in [0.3, 0.4) is 0 Å². The Morgan fingerprint density at radius 1 is 1.12 bits per heavy atom. The number of aryl methyl sites for hydroxylation is 1. The number of hydrogen-bond donors (Lipinski definition) is 1. The van der Waals surface area contributed by atoms with Crippen molar-refractivity contribution in [1.29, 1.82) is 0 Å². The number of rotatable bonds is 5. The third-order valence-electron chi connectivity index (χ3n) is 4.27. The van der Waals surface area contributed by atoms with Crippen LogP contribution in [0.2, 0.25) is 0 Å². The SMILES string of the molecule is Cc1ccc(N2CCN(CC(=O)NCc3ccc(F)cc3F)C2=O)cc1. The van der Waals surface area contributed by atoms with Gasteiger partial charge in [0.15, 0.2) is 0 Å². The fraction of sp³-hybridized carbons (Fsp3) is 0.263. The maximum Gasteiger partial charge on any atom is 0.325 e. The second-order valence-corrected chi connectivity index (χ2v) is 6.20. The quantitative estimate of drug-likeness (QED) is 0.893. The first-order chi connectivity index (χ1) is 12.4. The van der Waals surface area contributed by atoms with E-state index in [1.807, 2.05) is 31.2 Å². The van der Waals surface area contributed by atoms with Crippen molar-refractivity contribution in [1.82, 2.24) is 10.2 Å². The molecule has 5 nitrogen and oxygen atoms in total. The van der Waals surface area contributed by atoms with Gasteiger partial charge in [-0.1, -0.05) is 23.8 Å². The van der Waals surface area contributed by atoms with Crippen molar-refractivity contribution in [3.8, 4) is 0 Å². The molecular formula is C19H19F2N3O2. The van der Waals surface area contributed by atoms with Gasteiger partial charge in [0, 0.05) is 37.0 Å². The maximum atomic E-state index is 13.6. The summed E-state index contributed by atoms with van der Waals surface area (Å²) in [5.74, 6) is -1.78. The van der Waals surface area contributed by atoms with Gasteiger partial charge in [0.05, 0.1) is 0 Å². The van der Waals surface area contributed by atoms with Crippen LogP contribution in [-0.2, 0) is 11.3 Å². The van der Waals surface area contributed by atoms with Crippen LogP contribution in [0.15, 0.2) is 42.5 Å². The number of nitrogens with one attached hydrogen (secondary N) is 1. The number of amides is 3. The van der Waals surface area contributed by atoms with E-state index in [0.717, 1.165) is 23.4 Å². The van der Waals surface area contributed by atoms with Crippen LogP contribution in [0.4, 0.5) is 19.3 Å². The van der Waals surface area contributed by atoms with Crippen molar-refractivity contribution in [3.05, 3.63) is 65.2 Å². The Morgan fingerprint density at radius 3 is 2.54 bits per heavy atom. The first kappa shape index (κ1) is 17.8. The van der Waals surface area contributed by atoms with Gasteiger partial charge in [0.2, 0.25) is 5.91 Å². The molecule has 1 N–H and O–H groups in total. The molecule has 3 amide bonds. The van der Waals surface area contributed by atoms with Crippen LogP contribution < -0.4 is 10.2 Å². The van der Waals surface area contributed by atoms with Crippen molar-refractivity contribution in [2.24, 2.45) is 0 Å². The Bertz CT molecular complexity index is 824. The van der Waals surface area contributed by atoms with E-state index in [-0.39, 0.29) is 24.7 Å². The van der Waals surface area contributed by atoms with Gasteiger partial charge in [-0.3, -0.25) is 9.69 Å². The van der Waals surface area contributed by atoms with Gasteiger partial charge in [0.25, 0.3) is 0 Å². The highest BCUT2D eigenvalue weighted by atomic mass is 19.1. The van der Waals surface area contributed by atoms with Crippen molar-refractivity contribution in [3.63, 3.8) is 0 Å². The highest BCUT2D eigenvalue weighted by Crippen LogP contribution is 2.20. The molecule has 3 rings (SSSR count). The standard InChI is InChI=1S/C19H19F2N3O2/c1-13-2-6-16(7-3-13)24-9-8-23(19(24)26)12-18(25)22-11-14-4-5-15(20)10-17(14)21/h2-7,10H,8-9,11-12H2,1H3,(H,22,25). The number of halogens is 2. The molecule has 0 aliphatic carbocycles. The van der Waals surface area contributed by atoms with E-state index in [4.69, 9.17) is 0 Å². The molecule has 2 aromatic rings. The molecule has 0 atom stereocenters. The molecule has 0 unspecified atom stereocenters. The van der Waals surface area contributed by atoms with Gasteiger partial charge >= 0.3 is 6.03 Å². The highest BCUT2D eigenvalue weighted by Gasteiger charge is 2.30. The fourth-order valence-electron chi connectivity index (χ4n) is 2.78. The topological polar surface area (TPSA) is 52.6 Å². The van der Waals surface area contributed by atoms with Crippen LogP contribution in [-0.4, -0.2) is 36.5 Å². The molecule has 136 valence electrons. The Kier molecular flexibility index (Phi) is 5.16. The largest absolute Gasteiger partial charge is 0.350 e. The second kappa shape index (κ2) is 7.51. The van der Waals surface area contributed by atoms with E-state index in [1.165, 1.54) is 11.0 Å². The molecule has 2 aromatic carbocycles. The monoisotopic (exact) mass is 359 g/mol. The number of hydrogen-bond acceptors (Lipinski definition) is 2. The lowest BCUT2D eigenvalue weighted by atomic mass is 10.2. The summed E-state index contributed by atoms with van der Waals surface area (Å²) in [5.41, 5.74) is 2.08. The third-order valence-corrected chi connectivity index (χ3v) is 4.27.